The molecule has 0 fully saturated rings. The van der Waals surface area contributed by atoms with Crippen molar-refractivity contribution in [1.82, 2.24) is 0 Å². The molecule has 1 unspecified atom stereocenters. The standard InChI is InChI=1S/C19H24O/c1-3-5-16-6-8-17(9-7-16)10-11-18-12-14-19(15-13-18)20-4-2/h8,12-16H,3-7,9H2,1-2H3. The second-order valence-electron chi connectivity index (χ2n) is 5.37. The summed E-state index contributed by atoms with van der Waals surface area (Å²) in [4.78, 5) is 0. The summed E-state index contributed by atoms with van der Waals surface area (Å²) >= 11 is 0. The molecule has 2 rings (SSSR count). The predicted molar refractivity (Wildman–Crippen MR) is 84.8 cm³/mol. The number of allylic oxidation sites excluding steroid dienone is 2. The molecule has 0 radical (unpaired) electrons. The molecule has 1 heteroatoms. The third-order valence-electron chi connectivity index (χ3n) is 3.75. The molecule has 0 aromatic heterocycles. The lowest BCUT2D eigenvalue weighted by atomic mass is 9.87. The summed E-state index contributed by atoms with van der Waals surface area (Å²) in [6.45, 7) is 4.97. The Morgan fingerprint density at radius 2 is 1.95 bits per heavy atom. The van der Waals surface area contributed by atoms with Crippen molar-refractivity contribution in [2.45, 2.75) is 46.0 Å². The summed E-state index contributed by atoms with van der Waals surface area (Å²) in [5.74, 6) is 8.38. The van der Waals surface area contributed by atoms with Crippen molar-refractivity contribution in [2.75, 3.05) is 6.61 Å². The average molecular weight is 268 g/mol. The maximum Gasteiger partial charge on any atom is 0.119 e. The van der Waals surface area contributed by atoms with E-state index in [1.54, 1.807) is 0 Å². The van der Waals surface area contributed by atoms with Crippen LogP contribution in [0.2, 0.25) is 0 Å². The lowest BCUT2D eigenvalue weighted by molar-refractivity contribution is 0.340. The fraction of sp³-hybridized carbons (Fsp3) is 0.474. The van der Waals surface area contributed by atoms with E-state index in [-0.39, 0.29) is 0 Å². The Morgan fingerprint density at radius 1 is 1.15 bits per heavy atom. The smallest absolute Gasteiger partial charge is 0.119 e. The van der Waals surface area contributed by atoms with Gasteiger partial charge in [-0.2, -0.15) is 0 Å². The Balaban J connectivity index is 1.94. The van der Waals surface area contributed by atoms with Crippen LogP contribution in [0.1, 0.15) is 51.5 Å². The Kier molecular flexibility index (Phi) is 5.74. The van der Waals surface area contributed by atoms with E-state index in [9.17, 15) is 0 Å². The summed E-state index contributed by atoms with van der Waals surface area (Å²) in [5.41, 5.74) is 2.37. The van der Waals surface area contributed by atoms with Crippen molar-refractivity contribution in [3.05, 3.63) is 41.5 Å². The predicted octanol–water partition coefficient (Wildman–Crippen LogP) is 4.96. The molecule has 20 heavy (non-hydrogen) atoms. The maximum atomic E-state index is 5.43. The molecule has 1 atom stereocenters. The second-order valence-corrected chi connectivity index (χ2v) is 5.37. The van der Waals surface area contributed by atoms with Gasteiger partial charge in [-0.15, -0.1) is 0 Å². The number of hydrogen-bond acceptors (Lipinski definition) is 1. The molecule has 0 saturated carbocycles. The zero-order valence-electron chi connectivity index (χ0n) is 12.6. The minimum atomic E-state index is 0.705. The van der Waals surface area contributed by atoms with Crippen molar-refractivity contribution < 1.29 is 4.74 Å². The van der Waals surface area contributed by atoms with Crippen molar-refractivity contribution >= 4 is 0 Å². The van der Waals surface area contributed by atoms with E-state index in [2.05, 4.69) is 24.8 Å². The van der Waals surface area contributed by atoms with Crippen molar-refractivity contribution in [3.8, 4) is 17.6 Å². The van der Waals surface area contributed by atoms with E-state index in [4.69, 9.17) is 4.74 Å². The Morgan fingerprint density at radius 3 is 2.55 bits per heavy atom. The fourth-order valence-corrected chi connectivity index (χ4v) is 2.63. The molecule has 0 heterocycles. The number of hydrogen-bond donors (Lipinski definition) is 0. The zero-order chi connectivity index (χ0) is 14.2. The molecular weight excluding hydrogens is 244 g/mol. The van der Waals surface area contributed by atoms with Crippen LogP contribution in [0.15, 0.2) is 35.9 Å². The van der Waals surface area contributed by atoms with E-state index >= 15 is 0 Å². The van der Waals surface area contributed by atoms with Gasteiger partial charge < -0.3 is 4.74 Å². The van der Waals surface area contributed by atoms with Gasteiger partial charge in [-0.1, -0.05) is 37.7 Å². The van der Waals surface area contributed by atoms with Crippen molar-refractivity contribution in [1.29, 1.82) is 0 Å². The van der Waals surface area contributed by atoms with E-state index in [1.807, 2.05) is 31.2 Å². The normalized spacial score (nSPS) is 17.9. The number of rotatable bonds is 4. The van der Waals surface area contributed by atoms with Crippen LogP contribution >= 0.6 is 0 Å². The van der Waals surface area contributed by atoms with Gasteiger partial charge in [0, 0.05) is 5.56 Å². The Bertz CT molecular complexity index is 499. The van der Waals surface area contributed by atoms with E-state index in [0.29, 0.717) is 6.61 Å². The molecule has 0 spiro atoms. The van der Waals surface area contributed by atoms with Gasteiger partial charge in [0.1, 0.15) is 5.75 Å². The highest BCUT2D eigenvalue weighted by molar-refractivity contribution is 5.43. The SMILES string of the molecule is CCCC1CC=C(C#Cc2ccc(OCC)cc2)CC1. The van der Waals surface area contributed by atoms with Gasteiger partial charge in [0.05, 0.1) is 6.61 Å². The van der Waals surface area contributed by atoms with Crippen LogP contribution in [0.4, 0.5) is 0 Å². The van der Waals surface area contributed by atoms with E-state index in [1.165, 1.54) is 31.3 Å². The summed E-state index contributed by atoms with van der Waals surface area (Å²) < 4.78 is 5.43. The summed E-state index contributed by atoms with van der Waals surface area (Å²) in [5, 5.41) is 0. The first-order chi connectivity index (χ1) is 9.81. The zero-order valence-corrected chi connectivity index (χ0v) is 12.6. The van der Waals surface area contributed by atoms with Gasteiger partial charge in [-0.05, 0) is 61.9 Å². The first-order valence-corrected chi connectivity index (χ1v) is 7.75. The molecule has 0 amide bonds. The highest BCUT2D eigenvalue weighted by atomic mass is 16.5. The van der Waals surface area contributed by atoms with Gasteiger partial charge in [0.25, 0.3) is 0 Å². The van der Waals surface area contributed by atoms with Crippen LogP contribution in [0, 0.1) is 17.8 Å². The molecule has 0 saturated heterocycles. The highest BCUT2D eigenvalue weighted by Crippen LogP contribution is 2.26. The third-order valence-corrected chi connectivity index (χ3v) is 3.75. The van der Waals surface area contributed by atoms with Gasteiger partial charge in [0.2, 0.25) is 0 Å². The van der Waals surface area contributed by atoms with Crippen LogP contribution < -0.4 is 4.74 Å². The van der Waals surface area contributed by atoms with Crippen LogP contribution in [0.3, 0.4) is 0 Å². The molecule has 0 N–H and O–H groups in total. The van der Waals surface area contributed by atoms with Gasteiger partial charge in [0.15, 0.2) is 0 Å². The lowest BCUT2D eigenvalue weighted by Crippen LogP contribution is -2.04. The summed E-state index contributed by atoms with van der Waals surface area (Å²) in [6.07, 6.45) is 8.65. The lowest BCUT2D eigenvalue weighted by Gasteiger charge is -2.18. The van der Waals surface area contributed by atoms with Gasteiger partial charge in [-0.3, -0.25) is 0 Å². The van der Waals surface area contributed by atoms with Crippen LogP contribution in [-0.4, -0.2) is 6.61 Å². The van der Waals surface area contributed by atoms with Crippen LogP contribution in [0.25, 0.3) is 0 Å². The molecule has 106 valence electrons. The van der Waals surface area contributed by atoms with Crippen LogP contribution in [-0.2, 0) is 0 Å². The average Bonchev–Trinajstić information content (AvgIpc) is 2.49. The fourth-order valence-electron chi connectivity index (χ4n) is 2.63. The first kappa shape index (κ1) is 14.7. The second kappa shape index (κ2) is 7.80. The van der Waals surface area contributed by atoms with E-state index < -0.39 is 0 Å². The number of benzene rings is 1. The van der Waals surface area contributed by atoms with E-state index in [0.717, 1.165) is 23.7 Å². The molecular formula is C19H24O. The molecule has 1 aromatic rings. The molecule has 1 aromatic carbocycles. The molecule has 0 aliphatic heterocycles. The molecule has 1 aliphatic rings. The Hall–Kier alpha value is -1.68. The summed E-state index contributed by atoms with van der Waals surface area (Å²) in [7, 11) is 0. The third kappa shape index (κ3) is 4.46. The molecule has 1 nitrogen and oxygen atoms in total. The molecule has 0 bridgehead atoms. The maximum absolute atomic E-state index is 5.43. The quantitative estimate of drug-likeness (QED) is 0.701. The summed E-state index contributed by atoms with van der Waals surface area (Å²) in [6, 6.07) is 8.03. The molecule has 1 aliphatic carbocycles. The minimum absolute atomic E-state index is 0.705. The van der Waals surface area contributed by atoms with Gasteiger partial charge >= 0.3 is 0 Å². The largest absolute Gasteiger partial charge is 0.494 e. The topological polar surface area (TPSA) is 9.23 Å². The van der Waals surface area contributed by atoms with Crippen LogP contribution in [0.5, 0.6) is 5.75 Å². The van der Waals surface area contributed by atoms with Gasteiger partial charge in [-0.25, -0.2) is 0 Å². The van der Waals surface area contributed by atoms with Crippen molar-refractivity contribution in [2.24, 2.45) is 5.92 Å². The number of ether oxygens (including phenoxy) is 1. The minimum Gasteiger partial charge on any atom is -0.494 e. The van der Waals surface area contributed by atoms with Crippen molar-refractivity contribution in [3.63, 3.8) is 0 Å². The first-order valence-electron chi connectivity index (χ1n) is 7.75. The monoisotopic (exact) mass is 268 g/mol. The highest BCUT2D eigenvalue weighted by Gasteiger charge is 2.12. The Labute approximate surface area is 123 Å².